The number of rotatable bonds is 6. The van der Waals surface area contributed by atoms with E-state index in [9.17, 15) is 19.5 Å². The van der Waals surface area contributed by atoms with Gasteiger partial charge >= 0.3 is 12.1 Å². The molecule has 158 valence electrons. The van der Waals surface area contributed by atoms with Crippen LogP contribution in [0.3, 0.4) is 0 Å². The summed E-state index contributed by atoms with van der Waals surface area (Å²) in [6.07, 6.45) is -0.538. The van der Waals surface area contributed by atoms with E-state index in [1.165, 1.54) is 39.8 Å². The van der Waals surface area contributed by atoms with Crippen LogP contribution in [-0.4, -0.2) is 66.7 Å². The number of hydrogen-bond acceptors (Lipinski definition) is 10. The molecule has 1 unspecified atom stereocenters. The van der Waals surface area contributed by atoms with E-state index in [0.717, 1.165) is 0 Å². The Hall–Kier alpha value is -1.83. The molecule has 0 saturated carbocycles. The maximum absolute atomic E-state index is 12.0. The number of nitrogens with one attached hydrogen (secondary N) is 1. The van der Waals surface area contributed by atoms with Gasteiger partial charge < -0.3 is 20.9 Å². The molecule has 13 heteroatoms. The van der Waals surface area contributed by atoms with Crippen LogP contribution in [0, 0.1) is 0 Å². The van der Waals surface area contributed by atoms with Gasteiger partial charge in [0.05, 0.1) is 6.54 Å². The van der Waals surface area contributed by atoms with Crippen LogP contribution in [-0.2, 0) is 20.9 Å². The van der Waals surface area contributed by atoms with Crippen LogP contribution in [0.2, 0.25) is 0 Å². The molecule has 0 spiro atoms. The number of fused-ring (bicyclic) bond motifs is 1. The second-order valence-electron chi connectivity index (χ2n) is 7.30. The van der Waals surface area contributed by atoms with Crippen molar-refractivity contribution in [2.24, 2.45) is 5.73 Å². The van der Waals surface area contributed by atoms with E-state index in [4.69, 9.17) is 10.5 Å². The number of aliphatic carboxylic acids is 1. The Kier molecular flexibility index (Phi) is 6.41. The molecule has 2 amide bonds. The Morgan fingerprint density at radius 1 is 1.41 bits per heavy atom. The van der Waals surface area contributed by atoms with E-state index < -0.39 is 23.7 Å². The first-order valence-electron chi connectivity index (χ1n) is 8.64. The minimum Gasteiger partial charge on any atom is -0.477 e. The zero-order valence-corrected chi connectivity index (χ0v) is 18.4. The lowest BCUT2D eigenvalue weighted by molar-refractivity contribution is -0.147. The summed E-state index contributed by atoms with van der Waals surface area (Å²) in [6, 6.07) is -0.647. The molecule has 1 aromatic heterocycles. The number of amides is 2. The van der Waals surface area contributed by atoms with Crippen LogP contribution in [0.25, 0.3) is 0 Å². The number of carboxylic acid groups (broad SMARTS) is 1. The summed E-state index contributed by atoms with van der Waals surface area (Å²) >= 11 is 4.10. The van der Waals surface area contributed by atoms with E-state index in [1.807, 2.05) is 0 Å². The van der Waals surface area contributed by atoms with Gasteiger partial charge in [-0.2, -0.15) is 0 Å². The molecule has 0 aliphatic carbocycles. The maximum atomic E-state index is 12.0. The Morgan fingerprint density at radius 2 is 2.14 bits per heavy atom. The number of β-lactam (4-membered cyclic amide) rings is 1. The van der Waals surface area contributed by atoms with E-state index in [1.54, 1.807) is 20.8 Å². The third-order valence-corrected chi connectivity index (χ3v) is 7.40. The molecular weight excluding hydrogens is 438 g/mol. The summed E-state index contributed by atoms with van der Waals surface area (Å²) in [5.41, 5.74) is 5.83. The highest BCUT2D eigenvalue weighted by molar-refractivity contribution is 8.01. The average molecular weight is 460 g/mol. The van der Waals surface area contributed by atoms with Gasteiger partial charge in [0.1, 0.15) is 27.7 Å². The molecule has 1 fully saturated rings. The zero-order valence-electron chi connectivity index (χ0n) is 16.0. The molecule has 0 aromatic carbocycles. The number of alkyl carbamates (subject to hydrolysis) is 1. The molecule has 3 heterocycles. The van der Waals surface area contributed by atoms with E-state index in [0.29, 0.717) is 26.4 Å². The number of carbonyl (C=O) groups excluding carboxylic acids is 2. The first-order chi connectivity index (χ1) is 13.6. The molecule has 3 rings (SSSR count). The number of carboxylic acids is 1. The number of nitrogens with two attached hydrogens (primary N) is 1. The first kappa shape index (κ1) is 21.9. The lowest BCUT2D eigenvalue weighted by Crippen LogP contribution is -2.68. The fraction of sp³-hybridized carbons (Fsp3) is 0.562. The number of carbonyl (C=O) groups is 3. The van der Waals surface area contributed by atoms with Gasteiger partial charge in [-0.15, -0.1) is 22.0 Å². The van der Waals surface area contributed by atoms with Gasteiger partial charge in [-0.05, 0) is 26.3 Å². The molecule has 2 aliphatic rings. The predicted molar refractivity (Wildman–Crippen MR) is 109 cm³/mol. The molecule has 0 radical (unpaired) electrons. The predicted octanol–water partition coefficient (Wildman–Crippen LogP) is 1.24. The van der Waals surface area contributed by atoms with Crippen LogP contribution in [0.5, 0.6) is 0 Å². The number of thioether (sulfide) groups is 2. The van der Waals surface area contributed by atoms with Crippen molar-refractivity contribution in [1.82, 2.24) is 20.4 Å². The molecule has 10 nitrogen and oxygen atoms in total. The van der Waals surface area contributed by atoms with Crippen molar-refractivity contribution in [3.05, 3.63) is 16.3 Å². The molecule has 0 bridgehead atoms. The topological polar surface area (TPSA) is 148 Å². The van der Waals surface area contributed by atoms with E-state index >= 15 is 0 Å². The molecule has 2 atom stereocenters. The Labute approximate surface area is 179 Å². The normalized spacial score (nSPS) is 21.5. The van der Waals surface area contributed by atoms with Gasteiger partial charge in [0, 0.05) is 11.5 Å². The standard InChI is InChI=1S/C16H21N5O5S3/c1-16(2,3)26-14(25)18-4-8-19-20-15(29-8)28-6-7-5-27-12-9(17)11(22)21(12)10(7)13(23)24/h9,12H,4-6,17H2,1-3H3,(H,18,25)(H,23,24)/t9?,12-/m1/s1. The van der Waals surface area contributed by atoms with Crippen molar-refractivity contribution < 1.29 is 24.2 Å². The Morgan fingerprint density at radius 3 is 2.79 bits per heavy atom. The van der Waals surface area contributed by atoms with Gasteiger partial charge in [-0.1, -0.05) is 23.1 Å². The number of nitrogens with zero attached hydrogens (tertiary/aromatic N) is 3. The Bertz CT molecular complexity index is 865. The molecule has 2 aliphatic heterocycles. The third kappa shape index (κ3) is 5.02. The molecule has 1 saturated heterocycles. The zero-order chi connectivity index (χ0) is 21.3. The number of hydrogen-bond donors (Lipinski definition) is 3. The van der Waals surface area contributed by atoms with Gasteiger partial charge in [0.2, 0.25) is 5.91 Å². The van der Waals surface area contributed by atoms with Crippen molar-refractivity contribution >= 4 is 52.8 Å². The van der Waals surface area contributed by atoms with Crippen molar-refractivity contribution in [3.63, 3.8) is 0 Å². The highest BCUT2D eigenvalue weighted by Crippen LogP contribution is 2.40. The molecule has 4 N–H and O–H groups in total. The molecule has 29 heavy (non-hydrogen) atoms. The molecule has 1 aromatic rings. The van der Waals surface area contributed by atoms with Gasteiger partial charge in [0.15, 0.2) is 4.34 Å². The van der Waals surface area contributed by atoms with E-state index in [-0.39, 0.29) is 23.5 Å². The summed E-state index contributed by atoms with van der Waals surface area (Å²) in [4.78, 5) is 36.6. The van der Waals surface area contributed by atoms with Crippen LogP contribution in [0.15, 0.2) is 15.6 Å². The fourth-order valence-electron chi connectivity index (χ4n) is 2.67. The SMILES string of the molecule is CC(C)(C)OC(=O)NCc1nnc(SCC2=C(C(=O)O)N3C(=O)C(N)[C@H]3SC2)s1. The van der Waals surface area contributed by atoms with Crippen molar-refractivity contribution in [3.8, 4) is 0 Å². The largest absolute Gasteiger partial charge is 0.477 e. The number of ether oxygens (including phenoxy) is 1. The summed E-state index contributed by atoms with van der Waals surface area (Å²) in [5, 5.41) is 20.5. The van der Waals surface area contributed by atoms with Gasteiger partial charge in [0.25, 0.3) is 0 Å². The second-order valence-corrected chi connectivity index (χ2v) is 10.7. The minimum absolute atomic E-state index is 0.0179. The summed E-state index contributed by atoms with van der Waals surface area (Å²) < 4.78 is 5.80. The van der Waals surface area contributed by atoms with Crippen LogP contribution in [0.4, 0.5) is 4.79 Å². The van der Waals surface area contributed by atoms with Crippen LogP contribution >= 0.6 is 34.9 Å². The summed E-state index contributed by atoms with van der Waals surface area (Å²) in [7, 11) is 0. The minimum atomic E-state index is -1.13. The van der Waals surface area contributed by atoms with Gasteiger partial charge in [-0.3, -0.25) is 9.69 Å². The lowest BCUT2D eigenvalue weighted by atomic mass is 10.0. The summed E-state index contributed by atoms with van der Waals surface area (Å²) in [6.45, 7) is 5.52. The maximum Gasteiger partial charge on any atom is 0.408 e. The lowest BCUT2D eigenvalue weighted by Gasteiger charge is -2.48. The van der Waals surface area contributed by atoms with Crippen LogP contribution in [0.1, 0.15) is 25.8 Å². The van der Waals surface area contributed by atoms with E-state index in [2.05, 4.69) is 15.5 Å². The first-order valence-corrected chi connectivity index (χ1v) is 11.5. The van der Waals surface area contributed by atoms with Crippen molar-refractivity contribution in [2.75, 3.05) is 11.5 Å². The fourth-order valence-corrected chi connectivity index (χ4v) is 5.94. The highest BCUT2D eigenvalue weighted by atomic mass is 32.2. The monoisotopic (exact) mass is 459 g/mol. The van der Waals surface area contributed by atoms with Crippen LogP contribution < -0.4 is 11.1 Å². The van der Waals surface area contributed by atoms with Crippen molar-refractivity contribution in [2.45, 2.75) is 48.7 Å². The molecular formula is C16H21N5O5S3. The average Bonchev–Trinajstić information content (AvgIpc) is 3.09. The quantitative estimate of drug-likeness (QED) is 0.419. The smallest absolute Gasteiger partial charge is 0.408 e. The summed E-state index contributed by atoms with van der Waals surface area (Å²) in [5.74, 6) is -0.642. The van der Waals surface area contributed by atoms with Crippen molar-refractivity contribution in [1.29, 1.82) is 0 Å². The Balaban J connectivity index is 1.58. The third-order valence-electron chi connectivity index (χ3n) is 3.89. The highest BCUT2D eigenvalue weighted by Gasteiger charge is 2.51. The van der Waals surface area contributed by atoms with Gasteiger partial charge in [-0.25, -0.2) is 9.59 Å². The number of aromatic nitrogens is 2. The second kappa shape index (κ2) is 8.50.